The largest absolute Gasteiger partial charge is 0.343 e. The molecule has 1 heterocycles. The van der Waals surface area contributed by atoms with Gasteiger partial charge in [0.1, 0.15) is 5.82 Å². The van der Waals surface area contributed by atoms with Crippen LogP contribution in [-0.4, -0.2) is 54.3 Å². The number of hydrogen-bond donors (Lipinski definition) is 1. The van der Waals surface area contributed by atoms with E-state index in [1.807, 2.05) is 18.2 Å². The van der Waals surface area contributed by atoms with E-state index in [0.717, 1.165) is 25.7 Å². The molecular weight excluding hydrogens is 333 g/mol. The number of amides is 2. The highest BCUT2D eigenvalue weighted by Gasteiger charge is 2.21. The molecule has 0 unspecified atom stereocenters. The van der Waals surface area contributed by atoms with Gasteiger partial charge in [-0.05, 0) is 23.8 Å². The summed E-state index contributed by atoms with van der Waals surface area (Å²) in [7, 11) is 0. The molecule has 1 aliphatic heterocycles. The van der Waals surface area contributed by atoms with Gasteiger partial charge in [-0.3, -0.25) is 14.5 Å². The Bertz CT molecular complexity index is 759. The van der Waals surface area contributed by atoms with Gasteiger partial charge < -0.3 is 10.2 Å². The predicted molar refractivity (Wildman–Crippen MR) is 97.0 cm³/mol. The molecule has 0 aromatic heterocycles. The summed E-state index contributed by atoms with van der Waals surface area (Å²) >= 11 is 0. The number of nitrogens with zero attached hydrogens (tertiary/aromatic N) is 2. The zero-order chi connectivity index (χ0) is 18.4. The lowest BCUT2D eigenvalue weighted by Gasteiger charge is -2.34. The maximum Gasteiger partial charge on any atom is 0.251 e. The summed E-state index contributed by atoms with van der Waals surface area (Å²) in [6.45, 7) is 3.69. The van der Waals surface area contributed by atoms with E-state index in [1.54, 1.807) is 4.90 Å². The SMILES string of the molecule is O=C(NCC(=O)N1CCN(Cc2ccccc2)CC1)c1cccc(F)c1. The Balaban J connectivity index is 1.43. The smallest absolute Gasteiger partial charge is 0.251 e. The average Bonchev–Trinajstić information content (AvgIpc) is 2.67. The van der Waals surface area contributed by atoms with Crippen LogP contribution in [0.2, 0.25) is 0 Å². The number of benzene rings is 2. The fourth-order valence-electron chi connectivity index (χ4n) is 3.00. The van der Waals surface area contributed by atoms with E-state index in [2.05, 4.69) is 22.3 Å². The van der Waals surface area contributed by atoms with Crippen molar-refractivity contribution in [3.8, 4) is 0 Å². The van der Waals surface area contributed by atoms with Gasteiger partial charge in [0.05, 0.1) is 6.54 Å². The first-order valence-corrected chi connectivity index (χ1v) is 8.69. The number of rotatable bonds is 5. The monoisotopic (exact) mass is 355 g/mol. The molecule has 0 spiro atoms. The predicted octanol–water partition coefficient (Wildman–Crippen LogP) is 1.90. The normalized spacial score (nSPS) is 14.9. The highest BCUT2D eigenvalue weighted by Crippen LogP contribution is 2.08. The van der Waals surface area contributed by atoms with Gasteiger partial charge in [-0.2, -0.15) is 0 Å². The number of piperazine rings is 1. The first-order chi connectivity index (χ1) is 12.6. The third-order valence-electron chi connectivity index (χ3n) is 4.46. The van der Waals surface area contributed by atoms with Crippen LogP contribution in [0.25, 0.3) is 0 Å². The maximum absolute atomic E-state index is 13.2. The van der Waals surface area contributed by atoms with Gasteiger partial charge in [0.2, 0.25) is 5.91 Å². The summed E-state index contributed by atoms with van der Waals surface area (Å²) in [6, 6.07) is 15.7. The molecule has 0 bridgehead atoms. The summed E-state index contributed by atoms with van der Waals surface area (Å²) in [5.74, 6) is -1.03. The van der Waals surface area contributed by atoms with Crippen LogP contribution in [0.5, 0.6) is 0 Å². The summed E-state index contributed by atoms with van der Waals surface area (Å²) in [4.78, 5) is 28.3. The Labute approximate surface area is 152 Å². The van der Waals surface area contributed by atoms with Gasteiger partial charge in [0.15, 0.2) is 0 Å². The van der Waals surface area contributed by atoms with Crippen molar-refractivity contribution in [2.75, 3.05) is 32.7 Å². The molecule has 0 aliphatic carbocycles. The van der Waals surface area contributed by atoms with Crippen LogP contribution < -0.4 is 5.32 Å². The van der Waals surface area contributed by atoms with Crippen molar-refractivity contribution in [1.29, 1.82) is 0 Å². The summed E-state index contributed by atoms with van der Waals surface area (Å²) in [5.41, 5.74) is 1.47. The zero-order valence-electron chi connectivity index (χ0n) is 14.5. The lowest BCUT2D eigenvalue weighted by molar-refractivity contribution is -0.131. The number of carbonyl (C=O) groups is 2. The third kappa shape index (κ3) is 4.89. The van der Waals surface area contributed by atoms with E-state index in [-0.39, 0.29) is 18.0 Å². The van der Waals surface area contributed by atoms with Gasteiger partial charge in [-0.15, -0.1) is 0 Å². The van der Waals surface area contributed by atoms with E-state index in [0.29, 0.717) is 13.1 Å². The number of nitrogens with one attached hydrogen (secondary N) is 1. The van der Waals surface area contributed by atoms with Crippen LogP contribution >= 0.6 is 0 Å². The Kier molecular flexibility index (Phi) is 5.96. The van der Waals surface area contributed by atoms with E-state index < -0.39 is 11.7 Å². The number of hydrogen-bond acceptors (Lipinski definition) is 3. The van der Waals surface area contributed by atoms with E-state index in [4.69, 9.17) is 0 Å². The minimum atomic E-state index is -0.474. The van der Waals surface area contributed by atoms with E-state index >= 15 is 0 Å². The summed E-state index contributed by atoms with van der Waals surface area (Å²) < 4.78 is 13.2. The molecule has 1 fully saturated rings. The van der Waals surface area contributed by atoms with E-state index in [9.17, 15) is 14.0 Å². The minimum absolute atomic E-state index is 0.0754. The lowest BCUT2D eigenvalue weighted by atomic mass is 10.2. The topological polar surface area (TPSA) is 52.7 Å². The molecular formula is C20H22FN3O2. The Morgan fingerprint density at radius 3 is 2.38 bits per heavy atom. The van der Waals surface area contributed by atoms with Gasteiger partial charge in [0.25, 0.3) is 5.91 Å². The van der Waals surface area contributed by atoms with Crippen molar-refractivity contribution in [1.82, 2.24) is 15.1 Å². The Hall–Kier alpha value is -2.73. The standard InChI is InChI=1S/C20H22FN3O2/c21-18-8-4-7-17(13-18)20(26)22-14-19(25)24-11-9-23(10-12-24)15-16-5-2-1-3-6-16/h1-8,13H,9-12,14-15H2,(H,22,26). The lowest BCUT2D eigenvalue weighted by Crippen LogP contribution is -2.50. The van der Waals surface area contributed by atoms with Gasteiger partial charge in [0, 0.05) is 38.3 Å². The first kappa shape index (κ1) is 18.1. The van der Waals surface area contributed by atoms with Crippen LogP contribution in [0.3, 0.4) is 0 Å². The Morgan fingerprint density at radius 2 is 1.69 bits per heavy atom. The molecule has 2 aromatic rings. The number of carbonyl (C=O) groups excluding carboxylic acids is 2. The van der Waals surface area contributed by atoms with Crippen molar-refractivity contribution >= 4 is 11.8 Å². The number of halogens is 1. The molecule has 1 N–H and O–H groups in total. The average molecular weight is 355 g/mol. The highest BCUT2D eigenvalue weighted by atomic mass is 19.1. The second-order valence-corrected chi connectivity index (χ2v) is 6.34. The molecule has 1 saturated heterocycles. The Morgan fingerprint density at radius 1 is 0.962 bits per heavy atom. The second-order valence-electron chi connectivity index (χ2n) is 6.34. The van der Waals surface area contributed by atoms with Crippen molar-refractivity contribution in [2.45, 2.75) is 6.54 Å². The van der Waals surface area contributed by atoms with Gasteiger partial charge in [-0.1, -0.05) is 36.4 Å². The molecule has 26 heavy (non-hydrogen) atoms. The molecule has 0 atom stereocenters. The highest BCUT2D eigenvalue weighted by molar-refractivity contribution is 5.96. The van der Waals surface area contributed by atoms with Crippen LogP contribution in [-0.2, 0) is 11.3 Å². The molecule has 136 valence electrons. The molecule has 2 amide bonds. The van der Waals surface area contributed by atoms with Crippen LogP contribution in [0.1, 0.15) is 15.9 Å². The van der Waals surface area contributed by atoms with Crippen LogP contribution in [0, 0.1) is 5.82 Å². The van der Waals surface area contributed by atoms with Crippen molar-refractivity contribution in [3.63, 3.8) is 0 Å². The van der Waals surface area contributed by atoms with Gasteiger partial charge >= 0.3 is 0 Å². The second kappa shape index (κ2) is 8.58. The summed E-state index contributed by atoms with van der Waals surface area (Å²) in [6.07, 6.45) is 0. The molecule has 5 nitrogen and oxygen atoms in total. The van der Waals surface area contributed by atoms with Crippen molar-refractivity contribution < 1.29 is 14.0 Å². The van der Waals surface area contributed by atoms with Crippen molar-refractivity contribution in [3.05, 3.63) is 71.5 Å². The fourth-order valence-corrected chi connectivity index (χ4v) is 3.00. The molecule has 0 radical (unpaired) electrons. The molecule has 1 aliphatic rings. The molecule has 2 aromatic carbocycles. The fraction of sp³-hybridized carbons (Fsp3) is 0.300. The van der Waals surface area contributed by atoms with Crippen molar-refractivity contribution in [2.24, 2.45) is 0 Å². The van der Waals surface area contributed by atoms with Gasteiger partial charge in [-0.25, -0.2) is 4.39 Å². The maximum atomic E-state index is 13.2. The first-order valence-electron chi connectivity index (χ1n) is 8.69. The van der Waals surface area contributed by atoms with E-state index in [1.165, 1.54) is 23.8 Å². The molecule has 6 heteroatoms. The zero-order valence-corrected chi connectivity index (χ0v) is 14.5. The summed E-state index contributed by atoms with van der Waals surface area (Å²) in [5, 5.41) is 2.56. The third-order valence-corrected chi connectivity index (χ3v) is 4.46. The molecule has 0 saturated carbocycles. The molecule has 3 rings (SSSR count). The quantitative estimate of drug-likeness (QED) is 0.891. The van der Waals surface area contributed by atoms with Crippen LogP contribution in [0.15, 0.2) is 54.6 Å². The minimum Gasteiger partial charge on any atom is -0.343 e. The van der Waals surface area contributed by atoms with Crippen LogP contribution in [0.4, 0.5) is 4.39 Å².